The lowest BCUT2D eigenvalue weighted by Crippen LogP contribution is -2.60. The van der Waals surface area contributed by atoms with Gasteiger partial charge in [-0.2, -0.15) is 0 Å². The van der Waals surface area contributed by atoms with E-state index in [0.29, 0.717) is 5.56 Å². The van der Waals surface area contributed by atoms with Gasteiger partial charge < -0.3 is 64.6 Å². The molecule has 0 bridgehead atoms. The molecule has 216 valence electrons. The smallest absolute Gasteiger partial charge is 0.197 e. The van der Waals surface area contributed by atoms with E-state index in [-0.39, 0.29) is 28.0 Å². The summed E-state index contributed by atoms with van der Waals surface area (Å²) in [6.07, 6.45) is -14.8. The first-order valence-corrected chi connectivity index (χ1v) is 12.3. The average Bonchev–Trinajstić information content (AvgIpc) is 2.92. The van der Waals surface area contributed by atoms with Gasteiger partial charge in [0.2, 0.25) is 0 Å². The van der Waals surface area contributed by atoms with Crippen LogP contribution in [0.4, 0.5) is 0 Å². The first kappa shape index (κ1) is 28.2. The van der Waals surface area contributed by atoms with Crippen molar-refractivity contribution in [2.75, 3.05) is 13.2 Å². The van der Waals surface area contributed by atoms with Crippen LogP contribution in [-0.2, 0) is 14.2 Å². The van der Waals surface area contributed by atoms with Crippen LogP contribution in [0.3, 0.4) is 0 Å². The van der Waals surface area contributed by atoms with Crippen LogP contribution in [0.2, 0.25) is 0 Å². The minimum absolute atomic E-state index is 0.0283. The molecule has 3 heterocycles. The summed E-state index contributed by atoms with van der Waals surface area (Å²) in [5, 5.41) is 92.2. The van der Waals surface area contributed by atoms with Gasteiger partial charge in [-0.1, -0.05) is 0 Å². The summed E-state index contributed by atoms with van der Waals surface area (Å²) in [6.45, 7) is -1.23. The normalized spacial score (nSPS) is 32.8. The quantitative estimate of drug-likeness (QED) is 0.172. The molecule has 2 fully saturated rings. The summed E-state index contributed by atoms with van der Waals surface area (Å²) >= 11 is 0. The minimum Gasteiger partial charge on any atom is -0.508 e. The maximum atomic E-state index is 13.1. The number of aliphatic hydroxyl groups excluding tert-OH is 6. The molecule has 14 heteroatoms. The molecule has 9 atom stereocenters. The predicted octanol–water partition coefficient (Wildman–Crippen LogP) is -1.45. The van der Waals surface area contributed by atoms with Crippen molar-refractivity contribution < 1.29 is 64.6 Å². The Hall–Kier alpha value is -3.31. The van der Waals surface area contributed by atoms with Gasteiger partial charge in [-0.3, -0.25) is 4.79 Å². The van der Waals surface area contributed by atoms with E-state index in [2.05, 4.69) is 0 Å². The number of phenols is 3. The summed E-state index contributed by atoms with van der Waals surface area (Å²) < 4.78 is 22.7. The second kappa shape index (κ2) is 10.9. The van der Waals surface area contributed by atoms with Crippen molar-refractivity contribution in [3.63, 3.8) is 0 Å². The van der Waals surface area contributed by atoms with E-state index in [1.807, 2.05) is 0 Å². The van der Waals surface area contributed by atoms with Crippen LogP contribution >= 0.6 is 0 Å². The predicted molar refractivity (Wildman–Crippen MR) is 132 cm³/mol. The zero-order valence-corrected chi connectivity index (χ0v) is 20.6. The van der Waals surface area contributed by atoms with E-state index >= 15 is 0 Å². The maximum absolute atomic E-state index is 13.1. The standard InChI is InChI=1S/C26H28O14/c27-7-16-20(34)21(35)25(40-26-22(36)19(33)14(32)8-37-26)24(39-16)18-12(30)5-11(29)17-13(31)6-15(38-23(17)18)9-1-3-10(28)4-2-9/h1-6,14,16,19-22,24-30,32-36H,7-8H2/t14-,16?,19+,20+,21+,22?,24+,25?,26+/m1/s1. The molecule has 5 rings (SSSR count). The van der Waals surface area contributed by atoms with Gasteiger partial charge in [0.1, 0.15) is 77.2 Å². The molecule has 2 aliphatic heterocycles. The zero-order valence-electron chi connectivity index (χ0n) is 20.6. The Labute approximate surface area is 225 Å². The highest BCUT2D eigenvalue weighted by molar-refractivity contribution is 5.89. The largest absolute Gasteiger partial charge is 0.508 e. The van der Waals surface area contributed by atoms with E-state index in [9.17, 15) is 50.8 Å². The highest BCUT2D eigenvalue weighted by atomic mass is 16.7. The van der Waals surface area contributed by atoms with Crippen molar-refractivity contribution in [1.29, 1.82) is 0 Å². The third-order valence-electron chi connectivity index (χ3n) is 7.05. The molecule has 40 heavy (non-hydrogen) atoms. The molecule has 0 spiro atoms. The van der Waals surface area contributed by atoms with Gasteiger partial charge >= 0.3 is 0 Å². The second-order valence-corrected chi connectivity index (χ2v) is 9.66. The molecule has 3 aromatic rings. The van der Waals surface area contributed by atoms with Gasteiger partial charge in [-0.05, 0) is 24.3 Å². The number of fused-ring (bicyclic) bond motifs is 1. The van der Waals surface area contributed by atoms with E-state index in [1.54, 1.807) is 0 Å². The van der Waals surface area contributed by atoms with E-state index in [4.69, 9.17) is 18.6 Å². The van der Waals surface area contributed by atoms with Gasteiger partial charge in [0.25, 0.3) is 0 Å². The van der Waals surface area contributed by atoms with Crippen molar-refractivity contribution in [2.24, 2.45) is 0 Å². The van der Waals surface area contributed by atoms with Crippen molar-refractivity contribution >= 4 is 11.0 Å². The second-order valence-electron chi connectivity index (χ2n) is 9.66. The lowest BCUT2D eigenvalue weighted by Gasteiger charge is -2.45. The summed E-state index contributed by atoms with van der Waals surface area (Å²) in [6, 6.07) is 7.52. The number of benzene rings is 2. The molecule has 0 radical (unpaired) electrons. The van der Waals surface area contributed by atoms with Crippen LogP contribution in [0, 0.1) is 0 Å². The molecule has 9 N–H and O–H groups in total. The lowest BCUT2D eigenvalue weighted by molar-refractivity contribution is -0.325. The Bertz CT molecular complexity index is 1420. The van der Waals surface area contributed by atoms with Crippen LogP contribution in [0.5, 0.6) is 17.2 Å². The van der Waals surface area contributed by atoms with Gasteiger partial charge in [0, 0.05) is 17.7 Å². The highest BCUT2D eigenvalue weighted by Crippen LogP contribution is 2.45. The number of aromatic hydroxyl groups is 3. The molecule has 0 saturated carbocycles. The molecular formula is C26H28O14. The first-order valence-electron chi connectivity index (χ1n) is 12.3. The fourth-order valence-electron chi connectivity index (χ4n) is 4.89. The molecule has 2 aromatic carbocycles. The van der Waals surface area contributed by atoms with Crippen molar-refractivity contribution in [3.8, 4) is 28.6 Å². The third-order valence-corrected chi connectivity index (χ3v) is 7.05. The Morgan fingerprint density at radius 1 is 0.875 bits per heavy atom. The van der Waals surface area contributed by atoms with Gasteiger partial charge in [-0.15, -0.1) is 0 Å². The summed E-state index contributed by atoms with van der Waals surface area (Å²) in [4.78, 5) is 13.1. The van der Waals surface area contributed by atoms with E-state index in [1.165, 1.54) is 24.3 Å². The van der Waals surface area contributed by atoms with Gasteiger partial charge in [0.15, 0.2) is 17.3 Å². The lowest BCUT2D eigenvalue weighted by atomic mass is 9.89. The highest BCUT2D eigenvalue weighted by Gasteiger charge is 2.50. The Morgan fingerprint density at radius 2 is 1.57 bits per heavy atom. The molecule has 1 aromatic heterocycles. The molecule has 2 aliphatic rings. The van der Waals surface area contributed by atoms with Gasteiger partial charge in [0.05, 0.1) is 18.8 Å². The SMILES string of the molecule is O=c1cc(-c2ccc(O)cc2)oc2c([C@@H]3OC(CO)[C@H](O)[C@H](O)C3O[C@@H]3OC[C@@H](O)[C@H](O)C3O)c(O)cc(O)c12. The Balaban J connectivity index is 1.66. The summed E-state index contributed by atoms with van der Waals surface area (Å²) in [7, 11) is 0. The number of aliphatic hydroxyl groups is 6. The number of rotatable bonds is 5. The average molecular weight is 564 g/mol. The zero-order chi connectivity index (χ0) is 28.9. The maximum Gasteiger partial charge on any atom is 0.197 e. The first-order chi connectivity index (χ1) is 19.0. The summed E-state index contributed by atoms with van der Waals surface area (Å²) in [5.41, 5.74) is -1.07. The van der Waals surface area contributed by atoms with Crippen LogP contribution in [0.25, 0.3) is 22.3 Å². The fourth-order valence-corrected chi connectivity index (χ4v) is 4.89. The molecule has 14 nitrogen and oxygen atoms in total. The molecule has 0 aliphatic carbocycles. The molecule has 2 saturated heterocycles. The number of hydrogen-bond acceptors (Lipinski definition) is 14. The summed E-state index contributed by atoms with van der Waals surface area (Å²) in [5.74, 6) is -1.39. The Kier molecular flexibility index (Phi) is 7.71. The topological polar surface area (TPSA) is 240 Å². The van der Waals surface area contributed by atoms with Crippen molar-refractivity contribution in [1.82, 2.24) is 0 Å². The van der Waals surface area contributed by atoms with E-state index in [0.717, 1.165) is 12.1 Å². The number of ether oxygens (including phenoxy) is 3. The van der Waals surface area contributed by atoms with Crippen molar-refractivity contribution in [3.05, 3.63) is 52.2 Å². The Morgan fingerprint density at radius 3 is 2.25 bits per heavy atom. The minimum atomic E-state index is -1.84. The molecular weight excluding hydrogens is 536 g/mol. The van der Waals surface area contributed by atoms with Crippen LogP contribution in [0.1, 0.15) is 11.7 Å². The fraction of sp³-hybridized carbons (Fsp3) is 0.423. The van der Waals surface area contributed by atoms with Crippen LogP contribution in [-0.4, -0.2) is 108 Å². The number of phenolic OH excluding ortho intramolecular Hbond substituents is 3. The molecule has 3 unspecified atom stereocenters. The van der Waals surface area contributed by atoms with E-state index < -0.39 is 85.3 Å². The van der Waals surface area contributed by atoms with Gasteiger partial charge in [-0.25, -0.2) is 0 Å². The van der Waals surface area contributed by atoms with Crippen LogP contribution < -0.4 is 5.43 Å². The monoisotopic (exact) mass is 564 g/mol. The number of hydrogen-bond donors (Lipinski definition) is 9. The van der Waals surface area contributed by atoms with Crippen LogP contribution in [0.15, 0.2) is 45.6 Å². The molecule has 0 amide bonds. The third kappa shape index (κ3) is 4.89. The van der Waals surface area contributed by atoms with Crippen molar-refractivity contribution in [2.45, 2.75) is 55.1 Å².